The van der Waals surface area contributed by atoms with E-state index >= 15 is 0 Å². The van der Waals surface area contributed by atoms with Gasteiger partial charge in [-0.2, -0.15) is 0 Å². The van der Waals surface area contributed by atoms with Gasteiger partial charge in [0.2, 0.25) is 6.33 Å². The second-order valence-corrected chi connectivity index (χ2v) is 6.99. The SMILES string of the molecule is Cc1cc(C)c(-n2c[n+]3c(n2)COC[C@@H]3Cc2ccccc2)c(C)c1.[Cl-]. The second-order valence-electron chi connectivity index (χ2n) is 6.99. The van der Waals surface area contributed by atoms with Gasteiger partial charge >= 0.3 is 5.82 Å². The highest BCUT2D eigenvalue weighted by Crippen LogP contribution is 2.21. The van der Waals surface area contributed by atoms with Gasteiger partial charge in [0.1, 0.15) is 18.3 Å². The number of rotatable bonds is 3. The van der Waals surface area contributed by atoms with Gasteiger partial charge in [0.15, 0.2) is 0 Å². The lowest BCUT2D eigenvalue weighted by molar-refractivity contribution is -0.742. The molecule has 0 saturated carbocycles. The van der Waals surface area contributed by atoms with Gasteiger partial charge in [-0.05, 0) is 37.5 Å². The minimum atomic E-state index is 0. The van der Waals surface area contributed by atoms with Gasteiger partial charge in [-0.3, -0.25) is 0 Å². The number of nitrogens with zero attached hydrogens (tertiary/aromatic N) is 3. The Morgan fingerprint density at radius 3 is 2.50 bits per heavy atom. The van der Waals surface area contributed by atoms with E-state index in [1.165, 1.54) is 27.9 Å². The predicted molar refractivity (Wildman–Crippen MR) is 96.8 cm³/mol. The molecular formula is C21H24ClN3O. The molecule has 26 heavy (non-hydrogen) atoms. The molecule has 1 aliphatic heterocycles. The molecule has 1 atom stereocenters. The number of ether oxygens (including phenoxy) is 1. The monoisotopic (exact) mass is 369 g/mol. The average Bonchev–Trinajstić information content (AvgIpc) is 2.99. The normalized spacial score (nSPS) is 16.0. The van der Waals surface area contributed by atoms with E-state index < -0.39 is 0 Å². The minimum Gasteiger partial charge on any atom is -1.00 e. The van der Waals surface area contributed by atoms with E-state index in [0.29, 0.717) is 6.61 Å². The Morgan fingerprint density at radius 1 is 1.12 bits per heavy atom. The number of hydrogen-bond acceptors (Lipinski definition) is 2. The molecule has 3 aromatic rings. The van der Waals surface area contributed by atoms with Crippen molar-refractivity contribution in [3.63, 3.8) is 0 Å². The summed E-state index contributed by atoms with van der Waals surface area (Å²) in [6.45, 7) is 7.74. The molecule has 0 saturated heterocycles. The molecule has 0 unspecified atom stereocenters. The van der Waals surface area contributed by atoms with Crippen LogP contribution in [0.5, 0.6) is 0 Å². The highest BCUT2D eigenvalue weighted by Gasteiger charge is 2.30. The Morgan fingerprint density at radius 2 is 1.81 bits per heavy atom. The topological polar surface area (TPSA) is 30.9 Å². The molecule has 0 bridgehead atoms. The van der Waals surface area contributed by atoms with Crippen LogP contribution < -0.4 is 17.0 Å². The van der Waals surface area contributed by atoms with Crippen molar-refractivity contribution in [1.82, 2.24) is 9.78 Å². The fourth-order valence-corrected chi connectivity index (χ4v) is 3.85. The molecular weight excluding hydrogens is 346 g/mol. The summed E-state index contributed by atoms with van der Waals surface area (Å²) in [6, 6.07) is 15.3. The minimum absolute atomic E-state index is 0. The lowest BCUT2D eigenvalue weighted by Gasteiger charge is -2.19. The maximum atomic E-state index is 5.81. The summed E-state index contributed by atoms with van der Waals surface area (Å²) in [6.07, 6.45) is 3.09. The first-order chi connectivity index (χ1) is 12.1. The molecule has 2 aromatic carbocycles. The van der Waals surface area contributed by atoms with Crippen LogP contribution in [0, 0.1) is 20.8 Å². The molecule has 0 N–H and O–H groups in total. The molecule has 4 nitrogen and oxygen atoms in total. The van der Waals surface area contributed by atoms with E-state index in [-0.39, 0.29) is 18.4 Å². The molecule has 0 amide bonds. The van der Waals surface area contributed by atoms with Gasteiger partial charge in [0.05, 0.1) is 6.61 Å². The van der Waals surface area contributed by atoms with Crippen LogP contribution in [0.2, 0.25) is 0 Å². The Kier molecular flexibility index (Phi) is 5.44. The standard InChI is InChI=1S/C21H24N3O.ClH/c1-15-9-16(2)21(17(3)10-15)24-14-23-19(12-25-13-20(23)22-24)11-18-7-5-4-6-8-18;/h4-10,14,19H,11-13H2,1-3H3;1H/q+1;/p-1/t19-;/m0./s1. The smallest absolute Gasteiger partial charge is 0.304 e. The Labute approximate surface area is 160 Å². The molecule has 0 fully saturated rings. The van der Waals surface area contributed by atoms with Crippen molar-refractivity contribution in [3.05, 3.63) is 76.9 Å². The van der Waals surface area contributed by atoms with E-state index in [2.05, 4.69) is 74.1 Å². The third kappa shape index (κ3) is 3.53. The third-order valence-electron chi connectivity index (χ3n) is 4.87. The number of benzene rings is 2. The zero-order valence-corrected chi connectivity index (χ0v) is 16.2. The number of aromatic nitrogens is 3. The molecule has 1 aromatic heterocycles. The lowest BCUT2D eigenvalue weighted by Crippen LogP contribution is -3.00. The zero-order chi connectivity index (χ0) is 17.4. The van der Waals surface area contributed by atoms with E-state index in [4.69, 9.17) is 9.84 Å². The molecule has 1 aliphatic rings. The zero-order valence-electron chi connectivity index (χ0n) is 15.4. The van der Waals surface area contributed by atoms with Gasteiger partial charge in [0, 0.05) is 11.5 Å². The van der Waals surface area contributed by atoms with Crippen molar-refractivity contribution < 1.29 is 21.7 Å². The molecule has 0 spiro atoms. The molecule has 4 rings (SSSR count). The van der Waals surface area contributed by atoms with Crippen LogP contribution in [0.4, 0.5) is 0 Å². The fourth-order valence-electron chi connectivity index (χ4n) is 3.85. The Bertz CT molecular complexity index is 882. The van der Waals surface area contributed by atoms with Gasteiger partial charge in [-0.1, -0.05) is 52.7 Å². The highest BCUT2D eigenvalue weighted by molar-refractivity contribution is 5.48. The van der Waals surface area contributed by atoms with Crippen molar-refractivity contribution in [2.45, 2.75) is 39.8 Å². The molecule has 136 valence electrons. The first-order valence-corrected chi connectivity index (χ1v) is 8.81. The van der Waals surface area contributed by atoms with Crippen molar-refractivity contribution in [2.24, 2.45) is 0 Å². The summed E-state index contributed by atoms with van der Waals surface area (Å²) in [5.41, 5.74) is 6.28. The van der Waals surface area contributed by atoms with E-state index in [9.17, 15) is 0 Å². The molecule has 0 radical (unpaired) electrons. The van der Waals surface area contributed by atoms with Crippen LogP contribution in [0.3, 0.4) is 0 Å². The first-order valence-electron chi connectivity index (χ1n) is 8.81. The maximum Gasteiger partial charge on any atom is 0.304 e. The number of halogens is 1. The fraction of sp³-hybridized carbons (Fsp3) is 0.333. The summed E-state index contributed by atoms with van der Waals surface area (Å²) < 4.78 is 10.1. The summed E-state index contributed by atoms with van der Waals surface area (Å²) in [5.74, 6) is 0.992. The van der Waals surface area contributed by atoms with E-state index in [1.807, 2.05) is 4.68 Å². The van der Waals surface area contributed by atoms with Crippen LogP contribution in [0.25, 0.3) is 5.69 Å². The van der Waals surface area contributed by atoms with Crippen LogP contribution >= 0.6 is 0 Å². The number of fused-ring (bicyclic) bond motifs is 1. The lowest BCUT2D eigenvalue weighted by atomic mass is 10.1. The quantitative estimate of drug-likeness (QED) is 0.626. The molecule has 2 heterocycles. The Hall–Kier alpha value is -2.17. The van der Waals surface area contributed by atoms with Crippen molar-refractivity contribution in [3.8, 4) is 5.69 Å². The third-order valence-corrected chi connectivity index (χ3v) is 4.87. The van der Waals surface area contributed by atoms with Crippen molar-refractivity contribution in [1.29, 1.82) is 0 Å². The van der Waals surface area contributed by atoms with E-state index in [1.54, 1.807) is 0 Å². The summed E-state index contributed by atoms with van der Waals surface area (Å²) in [7, 11) is 0. The van der Waals surface area contributed by atoms with Crippen molar-refractivity contribution in [2.75, 3.05) is 6.61 Å². The largest absolute Gasteiger partial charge is 1.00 e. The van der Waals surface area contributed by atoms with Crippen LogP contribution in [0.15, 0.2) is 48.8 Å². The van der Waals surface area contributed by atoms with Crippen LogP contribution in [-0.2, 0) is 17.8 Å². The summed E-state index contributed by atoms with van der Waals surface area (Å²) >= 11 is 0. The second kappa shape index (κ2) is 7.60. The van der Waals surface area contributed by atoms with E-state index in [0.717, 1.165) is 18.9 Å². The first kappa shape index (κ1) is 18.6. The van der Waals surface area contributed by atoms with Gasteiger partial charge in [-0.15, -0.1) is 0 Å². The highest BCUT2D eigenvalue weighted by atomic mass is 35.5. The predicted octanol–water partition coefficient (Wildman–Crippen LogP) is 0.403. The van der Waals surface area contributed by atoms with Gasteiger partial charge in [-0.25, -0.2) is 4.57 Å². The average molecular weight is 370 g/mol. The number of hydrogen-bond donors (Lipinski definition) is 0. The molecule has 5 heteroatoms. The summed E-state index contributed by atoms with van der Waals surface area (Å²) in [5, 5.41) is 4.82. The Balaban J connectivity index is 0.00000196. The molecule has 0 aliphatic carbocycles. The van der Waals surface area contributed by atoms with Crippen LogP contribution in [0.1, 0.15) is 34.1 Å². The van der Waals surface area contributed by atoms with Gasteiger partial charge in [0.25, 0.3) is 0 Å². The summed E-state index contributed by atoms with van der Waals surface area (Å²) in [4.78, 5) is 0. The van der Waals surface area contributed by atoms with Crippen LogP contribution in [-0.4, -0.2) is 16.4 Å². The van der Waals surface area contributed by atoms with Gasteiger partial charge < -0.3 is 17.1 Å². The number of aryl methyl sites for hydroxylation is 3. The maximum absolute atomic E-state index is 5.81. The van der Waals surface area contributed by atoms with Crippen molar-refractivity contribution >= 4 is 0 Å².